The molecule has 1 fully saturated rings. The van der Waals surface area contributed by atoms with Crippen LogP contribution in [0.15, 0.2) is 0 Å². The van der Waals surface area contributed by atoms with Crippen LogP contribution in [0, 0.1) is 17.3 Å². The standard InChI is InChI=1S/C11H23N/c1-5-12-8-10(3)11(4)7-6-9(11)2/h9-10,12H,5-8H2,1-4H3. The van der Waals surface area contributed by atoms with Crippen molar-refractivity contribution in [2.24, 2.45) is 17.3 Å². The lowest BCUT2D eigenvalue weighted by atomic mass is 9.56. The Balaban J connectivity index is 2.35. The summed E-state index contributed by atoms with van der Waals surface area (Å²) in [7, 11) is 0. The van der Waals surface area contributed by atoms with Crippen molar-refractivity contribution in [3.63, 3.8) is 0 Å². The van der Waals surface area contributed by atoms with Gasteiger partial charge in [-0.1, -0.05) is 27.7 Å². The average molecular weight is 169 g/mol. The van der Waals surface area contributed by atoms with Crippen LogP contribution >= 0.6 is 0 Å². The molecule has 1 nitrogen and oxygen atoms in total. The second-order valence-electron chi connectivity index (χ2n) is 4.65. The first-order chi connectivity index (χ1) is 5.61. The van der Waals surface area contributed by atoms with E-state index >= 15 is 0 Å². The fourth-order valence-electron chi connectivity index (χ4n) is 2.21. The van der Waals surface area contributed by atoms with Crippen LogP contribution < -0.4 is 5.32 Å². The van der Waals surface area contributed by atoms with Crippen LogP contribution in [-0.4, -0.2) is 13.1 Å². The third-order valence-corrected chi connectivity index (χ3v) is 4.07. The van der Waals surface area contributed by atoms with Crippen molar-refractivity contribution in [2.75, 3.05) is 13.1 Å². The molecule has 0 bridgehead atoms. The van der Waals surface area contributed by atoms with Crippen LogP contribution in [0.1, 0.15) is 40.5 Å². The van der Waals surface area contributed by atoms with Crippen LogP contribution in [0.5, 0.6) is 0 Å². The molecule has 0 aliphatic heterocycles. The van der Waals surface area contributed by atoms with Gasteiger partial charge in [-0.2, -0.15) is 0 Å². The maximum absolute atomic E-state index is 3.44. The van der Waals surface area contributed by atoms with E-state index in [9.17, 15) is 0 Å². The molecule has 3 atom stereocenters. The molecule has 3 unspecified atom stereocenters. The molecular formula is C11H23N. The predicted octanol–water partition coefficient (Wildman–Crippen LogP) is 2.67. The van der Waals surface area contributed by atoms with Crippen molar-refractivity contribution in [2.45, 2.75) is 40.5 Å². The molecule has 1 aliphatic carbocycles. The molecule has 0 amide bonds. The molecule has 12 heavy (non-hydrogen) atoms. The van der Waals surface area contributed by atoms with Gasteiger partial charge >= 0.3 is 0 Å². The van der Waals surface area contributed by atoms with Gasteiger partial charge in [0.15, 0.2) is 0 Å². The van der Waals surface area contributed by atoms with Crippen LogP contribution in [0.2, 0.25) is 0 Å². The van der Waals surface area contributed by atoms with Crippen molar-refractivity contribution in [1.82, 2.24) is 5.32 Å². The fourth-order valence-corrected chi connectivity index (χ4v) is 2.21. The molecule has 0 radical (unpaired) electrons. The van der Waals surface area contributed by atoms with E-state index in [2.05, 4.69) is 33.0 Å². The molecule has 0 aromatic rings. The van der Waals surface area contributed by atoms with Crippen molar-refractivity contribution in [3.8, 4) is 0 Å². The molecule has 0 saturated heterocycles. The first-order valence-electron chi connectivity index (χ1n) is 5.32. The monoisotopic (exact) mass is 169 g/mol. The third kappa shape index (κ3) is 1.66. The predicted molar refractivity (Wildman–Crippen MR) is 54.2 cm³/mol. The van der Waals surface area contributed by atoms with Crippen LogP contribution in [0.25, 0.3) is 0 Å². The Morgan fingerprint density at radius 3 is 2.58 bits per heavy atom. The summed E-state index contributed by atoms with van der Waals surface area (Å²) < 4.78 is 0. The van der Waals surface area contributed by atoms with Gasteiger partial charge in [0.25, 0.3) is 0 Å². The van der Waals surface area contributed by atoms with Gasteiger partial charge in [-0.15, -0.1) is 0 Å². The van der Waals surface area contributed by atoms with E-state index in [1.165, 1.54) is 19.4 Å². The summed E-state index contributed by atoms with van der Waals surface area (Å²) in [6, 6.07) is 0. The Morgan fingerprint density at radius 1 is 1.58 bits per heavy atom. The molecule has 1 N–H and O–H groups in total. The van der Waals surface area contributed by atoms with Crippen molar-refractivity contribution in [3.05, 3.63) is 0 Å². The summed E-state index contributed by atoms with van der Waals surface area (Å²) in [5.41, 5.74) is 0.627. The molecule has 1 rings (SSSR count). The second kappa shape index (κ2) is 3.78. The normalized spacial score (nSPS) is 37.5. The number of hydrogen-bond acceptors (Lipinski definition) is 1. The minimum atomic E-state index is 0.627. The van der Waals surface area contributed by atoms with Gasteiger partial charge in [-0.05, 0) is 43.2 Å². The highest BCUT2D eigenvalue weighted by molar-refractivity contribution is 4.93. The quantitative estimate of drug-likeness (QED) is 0.682. The van der Waals surface area contributed by atoms with Crippen molar-refractivity contribution < 1.29 is 0 Å². The number of nitrogens with one attached hydrogen (secondary N) is 1. The molecule has 0 aromatic heterocycles. The highest BCUT2D eigenvalue weighted by Gasteiger charge is 2.43. The van der Waals surface area contributed by atoms with Crippen LogP contribution in [-0.2, 0) is 0 Å². The molecule has 0 spiro atoms. The second-order valence-corrected chi connectivity index (χ2v) is 4.65. The molecule has 1 saturated carbocycles. The maximum atomic E-state index is 3.44. The summed E-state index contributed by atoms with van der Waals surface area (Å²) in [5, 5.41) is 3.44. The lowest BCUT2D eigenvalue weighted by Gasteiger charge is -2.50. The van der Waals surface area contributed by atoms with E-state index in [0.717, 1.165) is 18.4 Å². The molecule has 1 heteroatoms. The van der Waals surface area contributed by atoms with E-state index in [0.29, 0.717) is 5.41 Å². The number of hydrogen-bond donors (Lipinski definition) is 1. The van der Waals surface area contributed by atoms with Crippen molar-refractivity contribution in [1.29, 1.82) is 0 Å². The molecule has 0 heterocycles. The Kier molecular flexibility index (Phi) is 3.16. The van der Waals surface area contributed by atoms with Gasteiger partial charge in [0.05, 0.1) is 0 Å². The van der Waals surface area contributed by atoms with E-state index in [1.807, 2.05) is 0 Å². The first kappa shape index (κ1) is 10.0. The Morgan fingerprint density at radius 2 is 2.25 bits per heavy atom. The molecule has 1 aliphatic rings. The van der Waals surface area contributed by atoms with Gasteiger partial charge in [-0.25, -0.2) is 0 Å². The third-order valence-electron chi connectivity index (χ3n) is 4.07. The van der Waals surface area contributed by atoms with E-state index in [-0.39, 0.29) is 0 Å². The minimum Gasteiger partial charge on any atom is -0.317 e. The average Bonchev–Trinajstić information content (AvgIpc) is 2.10. The van der Waals surface area contributed by atoms with Crippen LogP contribution in [0.3, 0.4) is 0 Å². The number of rotatable bonds is 4. The Bertz CT molecular complexity index is 144. The largest absolute Gasteiger partial charge is 0.317 e. The van der Waals surface area contributed by atoms with Gasteiger partial charge in [0.2, 0.25) is 0 Å². The van der Waals surface area contributed by atoms with Gasteiger partial charge in [-0.3, -0.25) is 0 Å². The Hall–Kier alpha value is -0.0400. The summed E-state index contributed by atoms with van der Waals surface area (Å²) in [5.74, 6) is 1.77. The lowest BCUT2D eigenvalue weighted by Crippen LogP contribution is -2.44. The first-order valence-corrected chi connectivity index (χ1v) is 5.32. The SMILES string of the molecule is CCNCC(C)C1(C)CCC1C. The summed E-state index contributed by atoms with van der Waals surface area (Å²) in [6.45, 7) is 11.7. The Labute approximate surface area is 76.9 Å². The van der Waals surface area contributed by atoms with E-state index in [1.54, 1.807) is 0 Å². The summed E-state index contributed by atoms with van der Waals surface area (Å²) >= 11 is 0. The van der Waals surface area contributed by atoms with Crippen LogP contribution in [0.4, 0.5) is 0 Å². The zero-order valence-corrected chi connectivity index (χ0v) is 8.98. The minimum absolute atomic E-state index is 0.627. The van der Waals surface area contributed by atoms with Crippen molar-refractivity contribution >= 4 is 0 Å². The van der Waals surface area contributed by atoms with E-state index < -0.39 is 0 Å². The van der Waals surface area contributed by atoms with E-state index in [4.69, 9.17) is 0 Å². The zero-order valence-electron chi connectivity index (χ0n) is 8.98. The molecule has 0 aromatic carbocycles. The van der Waals surface area contributed by atoms with Gasteiger partial charge in [0, 0.05) is 0 Å². The zero-order chi connectivity index (χ0) is 9.19. The molecular weight excluding hydrogens is 146 g/mol. The smallest absolute Gasteiger partial charge is 0.00180 e. The lowest BCUT2D eigenvalue weighted by molar-refractivity contribution is 0.00606. The van der Waals surface area contributed by atoms with Gasteiger partial charge < -0.3 is 5.32 Å². The topological polar surface area (TPSA) is 12.0 Å². The highest BCUT2D eigenvalue weighted by atomic mass is 14.9. The summed E-state index contributed by atoms with van der Waals surface area (Å²) in [4.78, 5) is 0. The van der Waals surface area contributed by atoms with Gasteiger partial charge in [0.1, 0.15) is 0 Å². The molecule has 72 valence electrons. The maximum Gasteiger partial charge on any atom is -0.00180 e. The summed E-state index contributed by atoms with van der Waals surface area (Å²) in [6.07, 6.45) is 2.87. The fraction of sp³-hybridized carbons (Fsp3) is 1.00. The highest BCUT2D eigenvalue weighted by Crippen LogP contribution is 2.51.